The summed E-state index contributed by atoms with van der Waals surface area (Å²) >= 11 is 0. The molecular weight excluding hydrogens is 1510 g/mol. The number of rotatable bonds is 23. The predicted molar refractivity (Wildman–Crippen MR) is 384 cm³/mol. The van der Waals surface area contributed by atoms with Gasteiger partial charge < -0.3 is 168 Å². The van der Waals surface area contributed by atoms with Crippen LogP contribution in [0.25, 0.3) is 0 Å². The van der Waals surface area contributed by atoms with Crippen molar-refractivity contribution in [2.45, 2.75) is 342 Å². The van der Waals surface area contributed by atoms with Gasteiger partial charge in [-0.05, 0) is 136 Å². The molecule has 114 heavy (non-hydrogen) atoms. The number of aliphatic hydroxyl groups excluding tert-OH is 18. The van der Waals surface area contributed by atoms with Crippen LogP contribution in [0.15, 0.2) is 36.0 Å². The van der Waals surface area contributed by atoms with Crippen LogP contribution in [0.2, 0.25) is 0 Å². The summed E-state index contributed by atoms with van der Waals surface area (Å²) < 4.78 is 89.5. The molecule has 11 fully saturated rings. The summed E-state index contributed by atoms with van der Waals surface area (Å²) in [7, 11) is 0. The minimum atomic E-state index is -2.08. The molecule has 7 saturated heterocycles. The van der Waals surface area contributed by atoms with Crippen LogP contribution < -0.4 is 0 Å². The van der Waals surface area contributed by atoms with Crippen LogP contribution in [0, 0.1) is 50.2 Å². The van der Waals surface area contributed by atoms with Crippen molar-refractivity contribution in [3.63, 3.8) is 0 Å². The van der Waals surface area contributed by atoms with E-state index in [-0.39, 0.29) is 46.5 Å². The van der Waals surface area contributed by atoms with Crippen LogP contribution in [-0.2, 0) is 80.6 Å². The second-order valence-electron chi connectivity index (χ2n) is 36.3. The molecule has 5 aliphatic carbocycles. The zero-order chi connectivity index (χ0) is 83.2. The number of hydrogen-bond acceptors (Lipinski definition) is 36. The van der Waals surface area contributed by atoms with Crippen molar-refractivity contribution in [1.82, 2.24) is 0 Å². The summed E-state index contributed by atoms with van der Waals surface area (Å²) in [5, 5.41) is 209. The first-order chi connectivity index (χ1) is 53.5. The molecule has 0 bridgehead atoms. The van der Waals surface area contributed by atoms with Crippen molar-refractivity contribution in [1.29, 1.82) is 0 Å². The minimum Gasteiger partial charge on any atom is -0.459 e. The molecule has 0 radical (unpaired) electrons. The largest absolute Gasteiger partial charge is 0.459 e. The SMILES string of the molecule is C=CC(C)(O)CCC=C(CO)C(=O)OC[C@H]1O[C@@H](OC(=O)[C@]23CCC(C)(C)C[C@H]2C2=CC[C@@H]4[C@@]5(C)CC[C@H](O[C@@H]6O[C@H](CO[C@@H]7OC[C@H](O)[C@H](O)[C@H]7O[C@@H]7OC[C@@H](O)[C@H](O)[C@H]7O)[C@@H](O)[C@H](O)[C@H]6O)C(C)(C)[C@@H]5CC[C@@]4(C)[C@]2(C)CC3)[C@H](O[C@@H]2O[C@@H](C)[C@H](O[C@@H]3OC[C@@H](O)[C@H](O[C@@H]4OC[C@@H](O)[C@H](O)[C@H]4O)[C@H]3O)[C@@H](O)[C@H]2O)[C@@H](O)[C@@H]1O. The van der Waals surface area contributed by atoms with E-state index >= 15 is 4.79 Å². The van der Waals surface area contributed by atoms with Gasteiger partial charge >= 0.3 is 11.9 Å². The first kappa shape index (κ1) is 90.1. The molecule has 36 nitrogen and oxygen atoms in total. The second kappa shape index (κ2) is 35.0. The number of carbonyl (C=O) groups excluding carboxylic acids is 2. The van der Waals surface area contributed by atoms with Crippen molar-refractivity contribution in [3.05, 3.63) is 36.0 Å². The third-order valence-electron chi connectivity index (χ3n) is 28.2. The zero-order valence-electron chi connectivity index (χ0n) is 66.0. The van der Waals surface area contributed by atoms with E-state index in [0.717, 1.165) is 18.4 Å². The number of aliphatic hydroxyl groups is 19. The van der Waals surface area contributed by atoms with E-state index in [9.17, 15) is 102 Å². The van der Waals surface area contributed by atoms with Crippen molar-refractivity contribution in [3.8, 4) is 0 Å². The van der Waals surface area contributed by atoms with Gasteiger partial charge in [0.25, 0.3) is 0 Å². The van der Waals surface area contributed by atoms with Gasteiger partial charge in [-0.1, -0.05) is 72.3 Å². The lowest BCUT2D eigenvalue weighted by atomic mass is 9.33. The molecule has 12 aliphatic rings. The molecule has 36 heteroatoms. The number of fused-ring (bicyclic) bond motifs is 7. The minimum absolute atomic E-state index is 0.0255. The van der Waals surface area contributed by atoms with Crippen molar-refractivity contribution in [2.75, 3.05) is 46.2 Å². The monoisotopic (exact) mass is 1640 g/mol. The molecule has 0 spiro atoms. The Kier molecular flexibility index (Phi) is 27.7. The van der Waals surface area contributed by atoms with E-state index in [1.807, 2.05) is 0 Å². The van der Waals surface area contributed by atoms with E-state index in [0.29, 0.717) is 51.4 Å². The van der Waals surface area contributed by atoms with Crippen LogP contribution >= 0.6 is 0 Å². The van der Waals surface area contributed by atoms with Crippen molar-refractivity contribution >= 4 is 11.9 Å². The molecule has 0 aromatic carbocycles. The molecule has 652 valence electrons. The Hall–Kier alpha value is -3.12. The normalized spacial score (nSPS) is 50.2. The Bertz CT molecular complexity index is 3350. The van der Waals surface area contributed by atoms with Gasteiger partial charge in [0.1, 0.15) is 141 Å². The van der Waals surface area contributed by atoms with Crippen LogP contribution in [-0.4, -0.2) is 357 Å². The van der Waals surface area contributed by atoms with E-state index < -0.39 is 283 Å². The Labute approximate surface area is 661 Å². The highest BCUT2D eigenvalue weighted by Gasteiger charge is 2.71. The topological polar surface area (TPSA) is 557 Å². The summed E-state index contributed by atoms with van der Waals surface area (Å²) in [4.78, 5) is 29.7. The van der Waals surface area contributed by atoms with Gasteiger partial charge in [-0.2, -0.15) is 0 Å². The lowest BCUT2D eigenvalue weighted by Gasteiger charge is -2.71. The predicted octanol–water partition coefficient (Wildman–Crippen LogP) is -3.79. The van der Waals surface area contributed by atoms with Crippen LogP contribution in [0.4, 0.5) is 0 Å². The van der Waals surface area contributed by atoms with E-state index in [2.05, 4.69) is 61.1 Å². The molecule has 1 unspecified atom stereocenters. The zero-order valence-corrected chi connectivity index (χ0v) is 66.0. The standard InChI is InChI=1S/C78H124O36/c1-11-74(7,99)18-12-13-34(26-79)63(97)100-31-41-50(88)52(90)62(113-67-57(95)53(91)59(33(2)106-67)110-66-58(96)60(40(83)30-103-66)111-64-54(92)46(84)37(80)27-101-64)70(108-41)114-71(98)78-23-21-72(3,4)25-36(78)35-14-15-44-75(8)19-17-45(73(5,6)43(75)16-20-77(44,10)76(35,9)22-24-78)109-68-56(94)51(89)49(87)42(107-68)32-105-69-61(48(86)39(82)29-104-69)112-65-55(93)47(85)38(81)28-102-65/h11,13-14,33,36-62,64-70,79-96,99H,1,12,15-32H2,2-10H3/t33-,36-,37+,38+,39-,40+,41+,42+,43-,44+,45-,46-,47-,48-,49+,50+,51-,52-,53-,54+,55+,56+,57+,58+,59-,60-,61+,62+,64-,65-,66-,67-,68-,69-,70-,74?,75-,76+,77+,78-/m0/s1. The molecule has 7 heterocycles. The number of esters is 2. The number of hydrogen-bond donors (Lipinski definition) is 19. The maximum absolute atomic E-state index is 16.1. The molecule has 7 aliphatic heterocycles. The third-order valence-corrected chi connectivity index (χ3v) is 28.2. The van der Waals surface area contributed by atoms with Gasteiger partial charge in [-0.3, -0.25) is 4.79 Å². The fourth-order valence-corrected chi connectivity index (χ4v) is 20.8. The summed E-state index contributed by atoms with van der Waals surface area (Å²) in [6, 6.07) is 0. The summed E-state index contributed by atoms with van der Waals surface area (Å²) in [5.41, 5.74) is -3.68. The lowest BCUT2D eigenvalue weighted by molar-refractivity contribution is -0.379. The Morgan fingerprint density at radius 1 is 0.535 bits per heavy atom. The van der Waals surface area contributed by atoms with Crippen molar-refractivity contribution < 1.29 is 178 Å². The Morgan fingerprint density at radius 3 is 1.69 bits per heavy atom. The average molecular weight is 1640 g/mol. The van der Waals surface area contributed by atoms with Crippen LogP contribution in [0.3, 0.4) is 0 Å². The smallest absolute Gasteiger partial charge is 0.336 e. The van der Waals surface area contributed by atoms with Gasteiger partial charge in [-0.25, -0.2) is 4.79 Å². The highest BCUT2D eigenvalue weighted by atomic mass is 16.8. The maximum atomic E-state index is 16.1. The Balaban J connectivity index is 0.755. The number of allylic oxidation sites excluding steroid dienone is 3. The van der Waals surface area contributed by atoms with E-state index in [1.54, 1.807) is 0 Å². The average Bonchev–Trinajstić information content (AvgIpc) is 0.673. The molecule has 4 saturated carbocycles. The lowest BCUT2D eigenvalue weighted by Crippen LogP contribution is -2.67. The molecule has 40 atom stereocenters. The van der Waals surface area contributed by atoms with E-state index in [4.69, 9.17) is 71.1 Å². The summed E-state index contributed by atoms with van der Waals surface area (Å²) in [6.07, 6.45) is -42.0. The van der Waals surface area contributed by atoms with Gasteiger partial charge in [0.15, 0.2) is 43.8 Å². The second-order valence-corrected chi connectivity index (χ2v) is 36.3. The molecular formula is C78H124O36. The Morgan fingerprint density at radius 2 is 1.05 bits per heavy atom. The number of ether oxygens (including phenoxy) is 15. The first-order valence-corrected chi connectivity index (χ1v) is 40.1. The summed E-state index contributed by atoms with van der Waals surface area (Å²) in [6.45, 7) is 18.2. The van der Waals surface area contributed by atoms with Gasteiger partial charge in [0.2, 0.25) is 6.29 Å². The molecule has 12 rings (SSSR count). The van der Waals surface area contributed by atoms with Gasteiger partial charge in [0, 0.05) is 0 Å². The van der Waals surface area contributed by atoms with Crippen LogP contribution in [0.5, 0.6) is 0 Å². The van der Waals surface area contributed by atoms with Gasteiger partial charge in [-0.15, -0.1) is 6.58 Å². The maximum Gasteiger partial charge on any atom is 0.336 e. The molecule has 0 aromatic heterocycles. The fourth-order valence-electron chi connectivity index (χ4n) is 20.8. The third kappa shape index (κ3) is 17.1. The first-order valence-electron chi connectivity index (χ1n) is 40.1. The van der Waals surface area contributed by atoms with Crippen LogP contribution in [0.1, 0.15) is 139 Å². The van der Waals surface area contributed by atoms with Gasteiger partial charge in [0.05, 0.1) is 68.4 Å². The molecule has 0 amide bonds. The van der Waals surface area contributed by atoms with Crippen molar-refractivity contribution in [2.24, 2.45) is 50.2 Å². The quantitative estimate of drug-likeness (QED) is 0.0202. The molecule has 0 aromatic rings. The number of carbonyl (C=O) groups is 2. The highest BCUT2D eigenvalue weighted by Crippen LogP contribution is 2.76. The summed E-state index contributed by atoms with van der Waals surface area (Å²) in [5.74, 6) is -2.06. The fraction of sp³-hybridized carbons (Fsp3) is 0.897. The highest BCUT2D eigenvalue weighted by molar-refractivity contribution is 5.88. The molecule has 19 N–H and O–H groups in total. The van der Waals surface area contributed by atoms with E-state index in [1.165, 1.54) is 26.0 Å².